The second kappa shape index (κ2) is 9.48. The fourth-order valence-electron chi connectivity index (χ4n) is 5.12. The molecule has 1 saturated heterocycles. The number of hydrogen-bond acceptors (Lipinski definition) is 7. The van der Waals surface area contributed by atoms with Gasteiger partial charge < -0.3 is 16.0 Å². The van der Waals surface area contributed by atoms with Crippen LogP contribution in [0.25, 0.3) is 16.8 Å². The van der Waals surface area contributed by atoms with E-state index in [0.29, 0.717) is 24.4 Å². The number of hydrogen-bond donors (Lipinski definition) is 2. The Kier molecular flexibility index (Phi) is 6.36. The molecule has 1 amide bonds. The van der Waals surface area contributed by atoms with Gasteiger partial charge in [0.1, 0.15) is 11.7 Å². The van der Waals surface area contributed by atoms with Gasteiger partial charge >= 0.3 is 0 Å². The molecule has 0 spiro atoms. The van der Waals surface area contributed by atoms with Gasteiger partial charge in [0.25, 0.3) is 0 Å². The van der Waals surface area contributed by atoms with Gasteiger partial charge in [0, 0.05) is 36.9 Å². The van der Waals surface area contributed by atoms with Crippen LogP contribution in [0.15, 0.2) is 29.4 Å². The molecule has 0 bridgehead atoms. The van der Waals surface area contributed by atoms with Crippen molar-refractivity contribution in [2.24, 2.45) is 10.9 Å². The summed E-state index contributed by atoms with van der Waals surface area (Å²) in [5, 5.41) is 7.60. The molecule has 3 atom stereocenters. The summed E-state index contributed by atoms with van der Waals surface area (Å²) in [6, 6.07) is 5.41. The summed E-state index contributed by atoms with van der Waals surface area (Å²) >= 11 is 0. The molecule has 3 aromatic heterocycles. The molecule has 2 aliphatic rings. The van der Waals surface area contributed by atoms with Crippen LogP contribution in [0, 0.1) is 5.92 Å². The van der Waals surface area contributed by atoms with E-state index >= 15 is 0 Å². The molecule has 190 valence electrons. The van der Waals surface area contributed by atoms with Crippen molar-refractivity contribution in [3.8, 4) is 11.3 Å². The molecule has 0 saturated carbocycles. The van der Waals surface area contributed by atoms with Gasteiger partial charge in [-0.05, 0) is 50.3 Å². The number of nitrogen functional groups attached to an aromatic ring is 1. The Bertz CT molecular complexity index is 1330. The van der Waals surface area contributed by atoms with E-state index in [-0.39, 0.29) is 30.1 Å². The van der Waals surface area contributed by atoms with Crippen molar-refractivity contribution < 1.29 is 9.18 Å². The zero-order valence-corrected chi connectivity index (χ0v) is 21.2. The highest BCUT2D eigenvalue weighted by Crippen LogP contribution is 2.39. The van der Waals surface area contributed by atoms with Crippen LogP contribution in [0.3, 0.4) is 0 Å². The Morgan fingerprint density at radius 3 is 2.81 bits per heavy atom. The Balaban J connectivity index is 1.40. The lowest BCUT2D eigenvalue weighted by molar-refractivity contribution is -0.131. The third-order valence-corrected chi connectivity index (χ3v) is 7.18. The molecule has 10 heteroatoms. The van der Waals surface area contributed by atoms with Crippen molar-refractivity contribution in [3.63, 3.8) is 0 Å². The molecule has 3 aromatic rings. The van der Waals surface area contributed by atoms with Crippen molar-refractivity contribution in [2.75, 3.05) is 24.1 Å². The summed E-state index contributed by atoms with van der Waals surface area (Å²) in [6.07, 6.45) is 3.20. The van der Waals surface area contributed by atoms with E-state index in [0.717, 1.165) is 41.2 Å². The number of pyridine rings is 1. The quantitative estimate of drug-likeness (QED) is 0.528. The van der Waals surface area contributed by atoms with Crippen LogP contribution >= 0.6 is 0 Å². The Morgan fingerprint density at radius 1 is 1.28 bits per heavy atom. The maximum absolute atomic E-state index is 14.7. The Labute approximate surface area is 210 Å². The van der Waals surface area contributed by atoms with Crippen LogP contribution < -0.4 is 11.1 Å². The molecule has 2 aliphatic heterocycles. The van der Waals surface area contributed by atoms with Crippen LogP contribution in [0.1, 0.15) is 58.6 Å². The molecule has 3 N–H and O–H groups in total. The lowest BCUT2D eigenvalue weighted by Crippen LogP contribution is -2.49. The number of alkyl halides is 1. The molecule has 36 heavy (non-hydrogen) atoms. The predicted molar refractivity (Wildman–Crippen MR) is 139 cm³/mol. The average molecular weight is 493 g/mol. The number of nitrogens with two attached hydrogens (primary N) is 1. The summed E-state index contributed by atoms with van der Waals surface area (Å²) in [5.74, 6) is 1.27. The lowest BCUT2D eigenvalue weighted by Gasteiger charge is -2.34. The minimum Gasteiger partial charge on any atom is -0.382 e. The van der Waals surface area contributed by atoms with Crippen LogP contribution in [0.2, 0.25) is 0 Å². The largest absolute Gasteiger partial charge is 0.382 e. The first-order valence-corrected chi connectivity index (χ1v) is 12.6. The highest BCUT2D eigenvalue weighted by atomic mass is 19.1. The van der Waals surface area contributed by atoms with Crippen molar-refractivity contribution in [3.05, 3.63) is 30.1 Å². The number of piperidine rings is 1. The van der Waals surface area contributed by atoms with Gasteiger partial charge in [-0.15, -0.1) is 5.10 Å². The molecule has 1 fully saturated rings. The summed E-state index contributed by atoms with van der Waals surface area (Å²) in [5.41, 5.74) is 11.7. The SMILES string of the molecule is CC(=O)N1CC[C@H](Nc2nc(N)c3c(-c4ccc5c(n4)C(CCC(C)C)C(C)=N5)ccn3n2)[C@H](F)C1. The number of aromatic nitrogens is 4. The molecule has 0 aliphatic carbocycles. The van der Waals surface area contributed by atoms with Crippen molar-refractivity contribution >= 4 is 34.6 Å². The first-order valence-electron chi connectivity index (χ1n) is 12.6. The number of halogens is 1. The molecular formula is C26H33FN8O. The average Bonchev–Trinajstić information content (AvgIpc) is 3.39. The lowest BCUT2D eigenvalue weighted by atomic mass is 9.92. The summed E-state index contributed by atoms with van der Waals surface area (Å²) in [7, 11) is 0. The van der Waals surface area contributed by atoms with Crippen LogP contribution in [0.5, 0.6) is 0 Å². The standard InChI is InChI=1S/C26H33FN8O/c1-14(2)5-6-17-15(3)29-22-8-7-20(30-23(17)22)18-9-12-35-24(18)25(28)32-26(33-35)31-21-10-11-34(16(4)36)13-19(21)27/h7-9,12,14,17,19,21H,5-6,10-11,13H2,1-4H3,(H3,28,31,32,33)/t17?,19-,21+/m1/s1. The van der Waals surface area contributed by atoms with Gasteiger partial charge in [0.15, 0.2) is 5.82 Å². The van der Waals surface area contributed by atoms with Gasteiger partial charge in [-0.2, -0.15) is 4.98 Å². The highest BCUT2D eigenvalue weighted by molar-refractivity contribution is 5.96. The molecule has 1 unspecified atom stereocenters. The van der Waals surface area contributed by atoms with Gasteiger partial charge in [-0.1, -0.05) is 13.8 Å². The van der Waals surface area contributed by atoms with Crippen molar-refractivity contribution in [1.29, 1.82) is 0 Å². The number of likely N-dealkylation sites (tertiary alicyclic amines) is 1. The number of fused-ring (bicyclic) bond motifs is 2. The third-order valence-electron chi connectivity index (χ3n) is 7.18. The smallest absolute Gasteiger partial charge is 0.243 e. The van der Waals surface area contributed by atoms with E-state index in [1.165, 1.54) is 11.8 Å². The number of nitrogens with zero attached hydrogens (tertiary/aromatic N) is 6. The van der Waals surface area contributed by atoms with Gasteiger partial charge in [-0.25, -0.2) is 13.9 Å². The van der Waals surface area contributed by atoms with Gasteiger partial charge in [0.05, 0.1) is 29.7 Å². The molecule has 0 aromatic carbocycles. The number of nitrogens with one attached hydrogen (secondary N) is 1. The highest BCUT2D eigenvalue weighted by Gasteiger charge is 2.31. The fraction of sp³-hybridized carbons (Fsp3) is 0.500. The predicted octanol–water partition coefficient (Wildman–Crippen LogP) is 4.37. The summed E-state index contributed by atoms with van der Waals surface area (Å²) in [6.45, 7) is 8.54. The second-order valence-electron chi connectivity index (χ2n) is 10.2. The van der Waals surface area contributed by atoms with Crippen molar-refractivity contribution in [2.45, 2.75) is 65.1 Å². The van der Waals surface area contributed by atoms with Crippen LogP contribution in [-0.4, -0.2) is 61.4 Å². The van der Waals surface area contributed by atoms with Gasteiger partial charge in [0.2, 0.25) is 11.9 Å². The number of anilines is 2. The summed E-state index contributed by atoms with van der Waals surface area (Å²) < 4.78 is 16.3. The maximum atomic E-state index is 14.7. The first-order chi connectivity index (χ1) is 17.2. The normalized spacial score (nSPS) is 21.7. The third kappa shape index (κ3) is 4.52. The minimum absolute atomic E-state index is 0.0593. The van der Waals surface area contributed by atoms with E-state index in [2.05, 4.69) is 36.2 Å². The monoisotopic (exact) mass is 492 g/mol. The maximum Gasteiger partial charge on any atom is 0.243 e. The van der Waals surface area contributed by atoms with Crippen molar-refractivity contribution in [1.82, 2.24) is 24.5 Å². The molecular weight excluding hydrogens is 459 g/mol. The fourth-order valence-corrected chi connectivity index (χ4v) is 5.12. The molecule has 5 heterocycles. The van der Waals surface area contributed by atoms with E-state index in [4.69, 9.17) is 15.7 Å². The topological polar surface area (TPSA) is 114 Å². The number of rotatable bonds is 6. The number of carbonyl (C=O) groups is 1. The van der Waals surface area contributed by atoms with E-state index in [1.54, 1.807) is 4.52 Å². The van der Waals surface area contributed by atoms with E-state index in [9.17, 15) is 9.18 Å². The Morgan fingerprint density at radius 2 is 2.08 bits per heavy atom. The molecule has 9 nitrogen and oxygen atoms in total. The Hall–Kier alpha value is -3.56. The van der Waals surface area contributed by atoms with E-state index in [1.807, 2.05) is 24.4 Å². The molecule has 5 rings (SSSR count). The zero-order valence-electron chi connectivity index (χ0n) is 21.2. The zero-order chi connectivity index (χ0) is 25.6. The van der Waals surface area contributed by atoms with Crippen LogP contribution in [-0.2, 0) is 4.79 Å². The molecule has 0 radical (unpaired) electrons. The first kappa shape index (κ1) is 24.1. The second-order valence-corrected chi connectivity index (χ2v) is 10.2. The van der Waals surface area contributed by atoms with E-state index < -0.39 is 12.2 Å². The number of carbonyl (C=O) groups excluding carboxylic acids is 1. The number of aliphatic imine (C=N–C) groups is 1. The minimum atomic E-state index is -1.21. The number of amides is 1. The van der Waals surface area contributed by atoms with Crippen LogP contribution in [0.4, 0.5) is 21.8 Å². The van der Waals surface area contributed by atoms with Gasteiger partial charge in [-0.3, -0.25) is 9.79 Å². The summed E-state index contributed by atoms with van der Waals surface area (Å²) in [4.78, 5) is 27.3.